The van der Waals surface area contributed by atoms with Crippen molar-refractivity contribution >= 4 is 11.9 Å². The average molecular weight is 279 g/mol. The van der Waals surface area contributed by atoms with Crippen LogP contribution in [0, 0.1) is 0 Å². The Kier molecular flexibility index (Phi) is 4.44. The first-order valence-corrected chi connectivity index (χ1v) is 6.81. The number of likely N-dealkylation sites (tertiary alicyclic amines) is 1. The standard InChI is InChI=1S/C14H21N3O3/c1-15(2)11-5-8-16(9-6-11)14(20)12-4-3-7-17(12)10-13(18)19/h3-4,7,11H,5-6,8-10H2,1-2H3,(H,18,19). The predicted octanol–water partition coefficient (Wildman–Crippen LogP) is 0.739. The van der Waals surface area contributed by atoms with E-state index in [1.165, 1.54) is 4.57 Å². The summed E-state index contributed by atoms with van der Waals surface area (Å²) in [6.07, 6.45) is 3.55. The maximum absolute atomic E-state index is 12.4. The van der Waals surface area contributed by atoms with Gasteiger partial charge in [0.1, 0.15) is 12.2 Å². The van der Waals surface area contributed by atoms with E-state index in [9.17, 15) is 9.59 Å². The van der Waals surface area contributed by atoms with Gasteiger partial charge in [-0.05, 0) is 39.1 Å². The molecule has 6 nitrogen and oxygen atoms in total. The molecule has 1 N–H and O–H groups in total. The number of rotatable bonds is 4. The molecule has 0 atom stereocenters. The van der Waals surface area contributed by atoms with E-state index in [-0.39, 0.29) is 12.5 Å². The van der Waals surface area contributed by atoms with Crippen LogP contribution < -0.4 is 0 Å². The summed E-state index contributed by atoms with van der Waals surface area (Å²) in [7, 11) is 4.11. The number of aliphatic carboxylic acids is 1. The number of aromatic nitrogens is 1. The molecule has 1 aromatic rings. The summed E-state index contributed by atoms with van der Waals surface area (Å²) < 4.78 is 1.49. The van der Waals surface area contributed by atoms with Crippen molar-refractivity contribution < 1.29 is 14.7 Å². The summed E-state index contributed by atoms with van der Waals surface area (Å²) in [5.41, 5.74) is 0.454. The Labute approximate surface area is 118 Å². The third-order valence-corrected chi connectivity index (χ3v) is 3.84. The van der Waals surface area contributed by atoms with Crippen molar-refractivity contribution in [3.63, 3.8) is 0 Å². The molecule has 110 valence electrons. The molecule has 1 saturated heterocycles. The molecule has 1 aliphatic rings. The Morgan fingerprint density at radius 3 is 2.55 bits per heavy atom. The van der Waals surface area contributed by atoms with Gasteiger partial charge in [-0.15, -0.1) is 0 Å². The van der Waals surface area contributed by atoms with Crippen molar-refractivity contribution in [1.29, 1.82) is 0 Å². The molecule has 1 aliphatic heterocycles. The summed E-state index contributed by atoms with van der Waals surface area (Å²) >= 11 is 0. The van der Waals surface area contributed by atoms with Crippen molar-refractivity contribution in [2.24, 2.45) is 0 Å². The largest absolute Gasteiger partial charge is 0.480 e. The Bertz CT molecular complexity index is 488. The molecule has 1 aromatic heterocycles. The highest BCUT2D eigenvalue weighted by atomic mass is 16.4. The van der Waals surface area contributed by atoms with Gasteiger partial charge in [-0.2, -0.15) is 0 Å². The Morgan fingerprint density at radius 2 is 2.00 bits per heavy atom. The van der Waals surface area contributed by atoms with E-state index < -0.39 is 5.97 Å². The molecular weight excluding hydrogens is 258 g/mol. The van der Waals surface area contributed by atoms with Crippen LogP contribution in [-0.4, -0.2) is 64.6 Å². The van der Waals surface area contributed by atoms with Crippen molar-refractivity contribution in [2.75, 3.05) is 27.2 Å². The van der Waals surface area contributed by atoms with Crippen molar-refractivity contribution in [1.82, 2.24) is 14.4 Å². The lowest BCUT2D eigenvalue weighted by Crippen LogP contribution is -2.45. The van der Waals surface area contributed by atoms with E-state index >= 15 is 0 Å². The van der Waals surface area contributed by atoms with Crippen LogP contribution in [0.1, 0.15) is 23.3 Å². The third kappa shape index (κ3) is 3.19. The minimum Gasteiger partial charge on any atom is -0.480 e. The lowest BCUT2D eigenvalue weighted by molar-refractivity contribution is -0.137. The quantitative estimate of drug-likeness (QED) is 0.883. The molecule has 1 fully saturated rings. The zero-order chi connectivity index (χ0) is 14.7. The zero-order valence-corrected chi connectivity index (χ0v) is 12.0. The maximum Gasteiger partial charge on any atom is 0.323 e. The van der Waals surface area contributed by atoms with Gasteiger partial charge in [0.15, 0.2) is 0 Å². The minimum atomic E-state index is -0.943. The summed E-state index contributed by atoms with van der Waals surface area (Å²) in [4.78, 5) is 27.2. The van der Waals surface area contributed by atoms with Gasteiger partial charge in [0.25, 0.3) is 5.91 Å². The first-order valence-electron chi connectivity index (χ1n) is 6.81. The molecule has 0 aliphatic carbocycles. The van der Waals surface area contributed by atoms with E-state index in [1.54, 1.807) is 18.3 Å². The molecule has 0 radical (unpaired) electrons. The normalized spacial score (nSPS) is 16.6. The summed E-state index contributed by atoms with van der Waals surface area (Å²) in [5.74, 6) is -1.02. The molecule has 0 spiro atoms. The molecular formula is C14H21N3O3. The minimum absolute atomic E-state index is 0.0755. The van der Waals surface area contributed by atoms with Crippen LogP contribution >= 0.6 is 0 Å². The van der Waals surface area contributed by atoms with Gasteiger partial charge in [-0.3, -0.25) is 9.59 Å². The highest BCUT2D eigenvalue weighted by molar-refractivity contribution is 5.93. The van der Waals surface area contributed by atoms with Gasteiger partial charge in [-0.1, -0.05) is 0 Å². The fourth-order valence-corrected chi connectivity index (χ4v) is 2.64. The topological polar surface area (TPSA) is 65.8 Å². The SMILES string of the molecule is CN(C)C1CCN(C(=O)c2cccn2CC(=O)O)CC1. The van der Waals surface area contributed by atoms with E-state index in [1.807, 2.05) is 4.90 Å². The van der Waals surface area contributed by atoms with Gasteiger partial charge < -0.3 is 19.5 Å². The Balaban J connectivity index is 2.02. The number of hydrogen-bond acceptors (Lipinski definition) is 3. The zero-order valence-electron chi connectivity index (χ0n) is 12.0. The second-order valence-corrected chi connectivity index (χ2v) is 5.40. The third-order valence-electron chi connectivity index (χ3n) is 3.84. The number of carboxylic acids is 1. The summed E-state index contributed by atoms with van der Waals surface area (Å²) in [6, 6.07) is 3.91. The first kappa shape index (κ1) is 14.6. The van der Waals surface area contributed by atoms with E-state index in [0.29, 0.717) is 11.7 Å². The van der Waals surface area contributed by atoms with Crippen LogP contribution in [0.2, 0.25) is 0 Å². The van der Waals surface area contributed by atoms with Gasteiger partial charge in [0, 0.05) is 25.3 Å². The number of amides is 1. The fourth-order valence-electron chi connectivity index (χ4n) is 2.64. The van der Waals surface area contributed by atoms with Crippen molar-refractivity contribution in [3.8, 4) is 0 Å². The van der Waals surface area contributed by atoms with Gasteiger partial charge in [-0.25, -0.2) is 0 Å². The number of hydrogen-bond donors (Lipinski definition) is 1. The Hall–Kier alpha value is -1.82. The van der Waals surface area contributed by atoms with Crippen LogP contribution in [0.15, 0.2) is 18.3 Å². The average Bonchev–Trinajstić information content (AvgIpc) is 2.85. The summed E-state index contributed by atoms with van der Waals surface area (Å²) in [5, 5.41) is 8.85. The maximum atomic E-state index is 12.4. The number of carbonyl (C=O) groups is 2. The number of carboxylic acid groups (broad SMARTS) is 1. The van der Waals surface area contributed by atoms with Crippen molar-refractivity contribution in [3.05, 3.63) is 24.0 Å². The molecule has 2 heterocycles. The van der Waals surface area contributed by atoms with Gasteiger partial charge >= 0.3 is 5.97 Å². The van der Waals surface area contributed by atoms with Crippen LogP contribution in [0.4, 0.5) is 0 Å². The molecule has 0 aromatic carbocycles. The van der Waals surface area contributed by atoms with Crippen LogP contribution in [0.3, 0.4) is 0 Å². The smallest absolute Gasteiger partial charge is 0.323 e. The predicted molar refractivity (Wildman–Crippen MR) is 74.7 cm³/mol. The van der Waals surface area contributed by atoms with Gasteiger partial charge in [0.05, 0.1) is 0 Å². The fraction of sp³-hybridized carbons (Fsp3) is 0.571. The molecule has 0 unspecified atom stereocenters. The molecule has 6 heteroatoms. The van der Waals surface area contributed by atoms with E-state index in [4.69, 9.17) is 5.11 Å². The molecule has 0 saturated carbocycles. The lowest BCUT2D eigenvalue weighted by Gasteiger charge is -2.35. The van der Waals surface area contributed by atoms with Crippen LogP contribution in [0.25, 0.3) is 0 Å². The van der Waals surface area contributed by atoms with Crippen LogP contribution in [0.5, 0.6) is 0 Å². The number of piperidine rings is 1. The number of nitrogens with zero attached hydrogens (tertiary/aromatic N) is 3. The van der Waals surface area contributed by atoms with Crippen molar-refractivity contribution in [2.45, 2.75) is 25.4 Å². The number of carbonyl (C=O) groups excluding carboxylic acids is 1. The van der Waals surface area contributed by atoms with E-state index in [0.717, 1.165) is 25.9 Å². The summed E-state index contributed by atoms with van der Waals surface area (Å²) in [6.45, 7) is 1.27. The van der Waals surface area contributed by atoms with Crippen LogP contribution in [-0.2, 0) is 11.3 Å². The first-order chi connectivity index (χ1) is 9.49. The van der Waals surface area contributed by atoms with Gasteiger partial charge in [0.2, 0.25) is 0 Å². The highest BCUT2D eigenvalue weighted by Gasteiger charge is 2.26. The molecule has 20 heavy (non-hydrogen) atoms. The molecule has 0 bridgehead atoms. The molecule has 2 rings (SSSR count). The van der Waals surface area contributed by atoms with E-state index in [2.05, 4.69) is 19.0 Å². The Morgan fingerprint density at radius 1 is 1.35 bits per heavy atom. The second-order valence-electron chi connectivity index (χ2n) is 5.40. The second kappa shape index (κ2) is 6.09. The molecule has 1 amide bonds. The lowest BCUT2D eigenvalue weighted by atomic mass is 10.0. The monoisotopic (exact) mass is 279 g/mol. The highest BCUT2D eigenvalue weighted by Crippen LogP contribution is 2.17.